The molecule has 1 aliphatic carbocycles. The summed E-state index contributed by atoms with van der Waals surface area (Å²) in [5, 5.41) is 0. The molecule has 0 aliphatic heterocycles. The molecule has 1 fully saturated rings. The minimum atomic E-state index is -2.39. The Balaban J connectivity index is 2.32. The first-order valence-electron chi connectivity index (χ1n) is 5.78. The highest BCUT2D eigenvalue weighted by atomic mass is 19.3. The third kappa shape index (κ3) is 4.43. The molecule has 15 heavy (non-hydrogen) atoms. The highest BCUT2D eigenvalue weighted by molar-refractivity contribution is 4.83. The summed E-state index contributed by atoms with van der Waals surface area (Å²) in [5.74, 6) is 0.609. The van der Waals surface area contributed by atoms with Crippen molar-refractivity contribution < 1.29 is 13.5 Å². The van der Waals surface area contributed by atoms with Crippen LogP contribution in [-0.2, 0) is 4.74 Å². The van der Waals surface area contributed by atoms with Gasteiger partial charge in [-0.15, -0.1) is 0 Å². The maximum Gasteiger partial charge on any atom is 0.261 e. The Morgan fingerprint density at radius 1 is 1.40 bits per heavy atom. The van der Waals surface area contributed by atoms with Gasteiger partial charge in [0.2, 0.25) is 0 Å². The van der Waals surface area contributed by atoms with Crippen molar-refractivity contribution >= 4 is 0 Å². The first-order valence-corrected chi connectivity index (χ1v) is 5.78. The topological polar surface area (TPSA) is 35.2 Å². The highest BCUT2D eigenvalue weighted by Gasteiger charge is 2.28. The van der Waals surface area contributed by atoms with E-state index in [4.69, 9.17) is 10.5 Å². The highest BCUT2D eigenvalue weighted by Crippen LogP contribution is 2.29. The van der Waals surface area contributed by atoms with Crippen LogP contribution in [0.15, 0.2) is 0 Å². The molecular formula is C11H21F2NO. The molecule has 2 nitrogen and oxygen atoms in total. The first kappa shape index (κ1) is 12.8. The average Bonchev–Trinajstić information content (AvgIpc) is 2.19. The van der Waals surface area contributed by atoms with Crippen LogP contribution < -0.4 is 5.73 Å². The number of alkyl halides is 2. The summed E-state index contributed by atoms with van der Waals surface area (Å²) < 4.78 is 29.2. The summed E-state index contributed by atoms with van der Waals surface area (Å²) in [7, 11) is 0. The Bertz CT molecular complexity index is 178. The van der Waals surface area contributed by atoms with Crippen molar-refractivity contribution in [3.63, 3.8) is 0 Å². The predicted octanol–water partition coefficient (Wildman–Crippen LogP) is 2.56. The third-order valence-electron chi connectivity index (χ3n) is 3.08. The Kier molecular flexibility index (Phi) is 5.47. The lowest BCUT2D eigenvalue weighted by atomic mass is 9.82. The van der Waals surface area contributed by atoms with Gasteiger partial charge < -0.3 is 10.5 Å². The van der Waals surface area contributed by atoms with E-state index in [2.05, 4.69) is 6.92 Å². The quantitative estimate of drug-likeness (QED) is 0.774. The van der Waals surface area contributed by atoms with Crippen LogP contribution in [0.2, 0.25) is 0 Å². The molecule has 0 radical (unpaired) electrons. The molecule has 0 bridgehead atoms. The van der Waals surface area contributed by atoms with Crippen molar-refractivity contribution in [1.82, 2.24) is 0 Å². The first-order chi connectivity index (χ1) is 7.13. The fourth-order valence-electron chi connectivity index (χ4n) is 2.29. The summed E-state index contributed by atoms with van der Waals surface area (Å²) in [6.07, 6.45) is 2.61. The van der Waals surface area contributed by atoms with Crippen molar-refractivity contribution in [3.05, 3.63) is 0 Å². The van der Waals surface area contributed by atoms with Gasteiger partial charge in [0.15, 0.2) is 0 Å². The van der Waals surface area contributed by atoms with Crippen LogP contribution in [0.3, 0.4) is 0 Å². The Morgan fingerprint density at radius 2 is 2.13 bits per heavy atom. The van der Waals surface area contributed by atoms with Gasteiger partial charge in [0.05, 0.1) is 6.10 Å². The van der Waals surface area contributed by atoms with E-state index in [1.54, 1.807) is 0 Å². The summed E-state index contributed by atoms with van der Waals surface area (Å²) in [6.45, 7) is 1.67. The van der Waals surface area contributed by atoms with Gasteiger partial charge in [-0.25, -0.2) is 8.78 Å². The predicted molar refractivity (Wildman–Crippen MR) is 56.0 cm³/mol. The average molecular weight is 221 g/mol. The molecule has 4 heteroatoms. The molecule has 0 saturated heterocycles. The lowest BCUT2D eigenvalue weighted by molar-refractivity contribution is -0.0530. The van der Waals surface area contributed by atoms with Crippen LogP contribution in [0.25, 0.3) is 0 Å². The van der Waals surface area contributed by atoms with Crippen molar-refractivity contribution in [2.45, 2.75) is 57.6 Å². The zero-order valence-electron chi connectivity index (χ0n) is 9.29. The molecule has 1 rings (SSSR count). The van der Waals surface area contributed by atoms with E-state index >= 15 is 0 Å². The van der Waals surface area contributed by atoms with Gasteiger partial charge in [-0.1, -0.05) is 19.8 Å². The number of hydrogen-bond acceptors (Lipinski definition) is 2. The number of rotatable bonds is 5. The van der Waals surface area contributed by atoms with Gasteiger partial charge in [0, 0.05) is 6.04 Å². The fraction of sp³-hybridized carbons (Fsp3) is 1.00. The van der Waals surface area contributed by atoms with Crippen molar-refractivity contribution in [2.24, 2.45) is 11.7 Å². The van der Waals surface area contributed by atoms with E-state index in [-0.39, 0.29) is 12.1 Å². The fourth-order valence-corrected chi connectivity index (χ4v) is 2.29. The van der Waals surface area contributed by atoms with E-state index in [9.17, 15) is 8.78 Å². The molecule has 90 valence electrons. The number of nitrogens with two attached hydrogens (primary N) is 1. The molecule has 0 spiro atoms. The van der Waals surface area contributed by atoms with Crippen LogP contribution in [0, 0.1) is 5.92 Å². The van der Waals surface area contributed by atoms with Gasteiger partial charge in [0.1, 0.15) is 6.61 Å². The normalized spacial score (nSPS) is 32.2. The van der Waals surface area contributed by atoms with Crippen LogP contribution in [0.1, 0.15) is 39.0 Å². The van der Waals surface area contributed by atoms with Crippen molar-refractivity contribution in [2.75, 3.05) is 6.61 Å². The van der Waals surface area contributed by atoms with Gasteiger partial charge in [-0.3, -0.25) is 0 Å². The van der Waals surface area contributed by atoms with E-state index in [1.165, 1.54) is 0 Å². The minimum Gasteiger partial charge on any atom is -0.371 e. The monoisotopic (exact) mass is 221 g/mol. The largest absolute Gasteiger partial charge is 0.371 e. The van der Waals surface area contributed by atoms with E-state index in [0.717, 1.165) is 32.1 Å². The summed E-state index contributed by atoms with van der Waals surface area (Å²) in [6, 6.07) is -0.0585. The molecule has 0 aromatic carbocycles. The lowest BCUT2D eigenvalue weighted by Gasteiger charge is -2.33. The molecule has 1 aliphatic rings. The van der Waals surface area contributed by atoms with Crippen molar-refractivity contribution in [3.8, 4) is 0 Å². The molecule has 0 heterocycles. The molecule has 0 aromatic heterocycles. The molecular weight excluding hydrogens is 200 g/mol. The van der Waals surface area contributed by atoms with Crippen LogP contribution in [0.4, 0.5) is 8.78 Å². The number of hydrogen-bond donors (Lipinski definition) is 1. The Hall–Kier alpha value is -0.220. The number of halogens is 2. The van der Waals surface area contributed by atoms with E-state index < -0.39 is 13.0 Å². The zero-order chi connectivity index (χ0) is 11.3. The second-order valence-electron chi connectivity index (χ2n) is 4.39. The summed E-state index contributed by atoms with van der Waals surface area (Å²) >= 11 is 0. The molecule has 1 saturated carbocycles. The van der Waals surface area contributed by atoms with Gasteiger partial charge in [-0.05, 0) is 25.2 Å². The zero-order valence-corrected chi connectivity index (χ0v) is 9.29. The Labute approximate surface area is 90.2 Å². The maximum absolute atomic E-state index is 12.0. The lowest BCUT2D eigenvalue weighted by Crippen LogP contribution is -2.42. The smallest absolute Gasteiger partial charge is 0.261 e. The van der Waals surface area contributed by atoms with Crippen LogP contribution in [0.5, 0.6) is 0 Å². The standard InChI is InChI=1S/C11H21F2NO/c1-2-3-8-4-5-9(14)10(6-8)15-7-11(12)13/h8-11H,2-7,14H2,1H3. The second-order valence-corrected chi connectivity index (χ2v) is 4.39. The third-order valence-corrected chi connectivity index (χ3v) is 3.08. The van der Waals surface area contributed by atoms with Gasteiger partial charge in [0.25, 0.3) is 6.43 Å². The Morgan fingerprint density at radius 3 is 2.73 bits per heavy atom. The summed E-state index contributed by atoms with van der Waals surface area (Å²) in [5.41, 5.74) is 5.85. The van der Waals surface area contributed by atoms with E-state index in [0.29, 0.717) is 5.92 Å². The van der Waals surface area contributed by atoms with Crippen LogP contribution >= 0.6 is 0 Å². The second kappa shape index (κ2) is 6.38. The maximum atomic E-state index is 12.0. The van der Waals surface area contributed by atoms with Crippen molar-refractivity contribution in [1.29, 1.82) is 0 Å². The minimum absolute atomic E-state index is 0.0585. The summed E-state index contributed by atoms with van der Waals surface area (Å²) in [4.78, 5) is 0. The molecule has 0 amide bonds. The SMILES string of the molecule is CCCC1CCC(N)C(OCC(F)F)C1. The van der Waals surface area contributed by atoms with Gasteiger partial charge >= 0.3 is 0 Å². The molecule has 3 atom stereocenters. The number of ether oxygens (including phenoxy) is 1. The van der Waals surface area contributed by atoms with Crippen LogP contribution in [-0.4, -0.2) is 25.2 Å². The van der Waals surface area contributed by atoms with Gasteiger partial charge in [-0.2, -0.15) is 0 Å². The molecule has 2 N–H and O–H groups in total. The molecule has 3 unspecified atom stereocenters. The molecule has 0 aromatic rings. The van der Waals surface area contributed by atoms with E-state index in [1.807, 2.05) is 0 Å².